The average molecular weight is 387 g/mol. The van der Waals surface area contributed by atoms with Crippen LogP contribution in [0.1, 0.15) is 61.0 Å². The van der Waals surface area contributed by atoms with Crippen molar-refractivity contribution < 1.29 is 13.6 Å². The van der Waals surface area contributed by atoms with Crippen molar-refractivity contribution in [1.29, 1.82) is 0 Å². The van der Waals surface area contributed by atoms with Crippen molar-refractivity contribution >= 4 is 16.9 Å². The number of hydrogen-bond donors (Lipinski definition) is 2. The van der Waals surface area contributed by atoms with Crippen LogP contribution in [0.15, 0.2) is 24.4 Å². The largest absolute Gasteiger partial charge is 0.426 e. The number of esters is 1. The zero-order chi connectivity index (χ0) is 22.1. The Hall–Kier alpha value is -1.85. The highest BCUT2D eigenvalue weighted by molar-refractivity contribution is 5.91. The maximum atomic E-state index is 12.9. The Balaban J connectivity index is 1.54. The van der Waals surface area contributed by atoms with Gasteiger partial charge in [-0.15, -0.1) is 0 Å². The van der Waals surface area contributed by atoms with Gasteiger partial charge in [-0.2, -0.15) is 0 Å². The number of nitrogens with two attached hydrogens (primary N) is 1. The van der Waals surface area contributed by atoms with Gasteiger partial charge in [-0.05, 0) is 75.3 Å². The summed E-state index contributed by atoms with van der Waals surface area (Å²) in [5.41, 5.74) is 7.79. The summed E-state index contributed by atoms with van der Waals surface area (Å²) in [7, 11) is 0. The minimum Gasteiger partial charge on any atom is -0.426 e. The van der Waals surface area contributed by atoms with Crippen molar-refractivity contribution in [2.24, 2.45) is 11.1 Å². The highest BCUT2D eigenvalue weighted by Gasteiger charge is 2.34. The van der Waals surface area contributed by atoms with Crippen LogP contribution in [0.2, 0.25) is 0 Å². The number of hydrogen-bond acceptors (Lipinski definition) is 4. The lowest BCUT2D eigenvalue weighted by molar-refractivity contribution is -0.137. The number of carbonyl (C=O) groups is 1. The molecule has 4 rings (SSSR count). The van der Waals surface area contributed by atoms with E-state index in [0.717, 1.165) is 55.0 Å². The van der Waals surface area contributed by atoms with E-state index >= 15 is 0 Å². The van der Waals surface area contributed by atoms with E-state index in [-0.39, 0.29) is 17.4 Å². The molecule has 1 aromatic heterocycles. The fourth-order valence-corrected chi connectivity index (χ4v) is 4.99. The van der Waals surface area contributed by atoms with Crippen LogP contribution in [0.5, 0.6) is 5.75 Å². The lowest BCUT2D eigenvalue weighted by Crippen LogP contribution is -2.36. The molecular weight excluding hydrogens is 350 g/mol. The number of fused-ring (bicyclic) bond motifs is 1. The van der Waals surface area contributed by atoms with Crippen molar-refractivity contribution in [3.63, 3.8) is 0 Å². The summed E-state index contributed by atoms with van der Waals surface area (Å²) >= 11 is 0. The Labute approximate surface area is 171 Å². The van der Waals surface area contributed by atoms with Crippen molar-refractivity contribution in [2.75, 3.05) is 20.1 Å². The molecule has 2 aromatic rings. The summed E-state index contributed by atoms with van der Waals surface area (Å²) in [5.74, 6) is 0.303. The predicted molar refractivity (Wildman–Crippen MR) is 112 cm³/mol. The SMILES string of the molecule is [2H]C([2H])([2H])N1CCC[C@@H]1Cc1c[nH]c2cccc(OC(=O)CC3(CN)CCCCC3)c12. The van der Waals surface area contributed by atoms with Gasteiger partial charge in [0.05, 0.1) is 6.42 Å². The molecule has 5 nitrogen and oxygen atoms in total. The molecule has 1 aliphatic heterocycles. The van der Waals surface area contributed by atoms with Crippen LogP contribution in [-0.4, -0.2) is 42.0 Å². The molecule has 152 valence electrons. The number of ether oxygens (including phenoxy) is 1. The Morgan fingerprint density at radius 1 is 1.36 bits per heavy atom. The van der Waals surface area contributed by atoms with Gasteiger partial charge in [-0.1, -0.05) is 25.3 Å². The number of carbonyl (C=O) groups excluding carboxylic acids is 1. The molecule has 2 heterocycles. The monoisotopic (exact) mass is 386 g/mol. The number of likely N-dealkylation sites (N-methyl/N-ethyl adjacent to an activating group) is 1. The Kier molecular flexibility index (Phi) is 4.72. The van der Waals surface area contributed by atoms with Crippen LogP contribution in [0.4, 0.5) is 0 Å². The predicted octanol–water partition coefficient (Wildman–Crippen LogP) is 4.01. The quantitative estimate of drug-likeness (QED) is 0.581. The Bertz CT molecular complexity index is 918. The number of rotatable bonds is 6. The molecule has 0 amide bonds. The summed E-state index contributed by atoms with van der Waals surface area (Å²) in [4.78, 5) is 17.8. The topological polar surface area (TPSA) is 71.3 Å². The summed E-state index contributed by atoms with van der Waals surface area (Å²) < 4.78 is 29.3. The lowest BCUT2D eigenvalue weighted by atomic mass is 9.72. The molecule has 0 bridgehead atoms. The number of H-pyrrole nitrogens is 1. The smallest absolute Gasteiger partial charge is 0.311 e. The number of aromatic nitrogens is 1. The molecule has 1 aromatic carbocycles. The third-order valence-corrected chi connectivity index (χ3v) is 6.67. The first-order valence-electron chi connectivity index (χ1n) is 12.1. The molecule has 1 saturated carbocycles. The number of nitrogens with one attached hydrogen (secondary N) is 1. The van der Waals surface area contributed by atoms with Gasteiger partial charge in [0.1, 0.15) is 5.75 Å². The second kappa shape index (κ2) is 8.26. The van der Waals surface area contributed by atoms with E-state index < -0.39 is 6.98 Å². The molecule has 1 saturated heterocycles. The molecule has 5 heteroatoms. The van der Waals surface area contributed by atoms with Gasteiger partial charge in [-0.25, -0.2) is 0 Å². The van der Waals surface area contributed by atoms with E-state index in [1.54, 1.807) is 4.90 Å². The van der Waals surface area contributed by atoms with Crippen LogP contribution in [0.3, 0.4) is 0 Å². The summed E-state index contributed by atoms with van der Waals surface area (Å²) in [6, 6.07) is 5.60. The highest BCUT2D eigenvalue weighted by Crippen LogP contribution is 2.39. The third kappa shape index (κ3) is 3.96. The number of benzene rings is 1. The normalized spacial score (nSPS) is 24.6. The van der Waals surface area contributed by atoms with Crippen molar-refractivity contribution in [2.45, 2.75) is 63.8 Å². The highest BCUT2D eigenvalue weighted by atomic mass is 16.5. The fourth-order valence-electron chi connectivity index (χ4n) is 4.99. The molecule has 28 heavy (non-hydrogen) atoms. The first-order chi connectivity index (χ1) is 14.8. The number of nitrogens with zero attached hydrogens (tertiary/aromatic N) is 1. The van der Waals surface area contributed by atoms with E-state index in [0.29, 0.717) is 31.7 Å². The second-order valence-electron chi connectivity index (χ2n) is 8.60. The maximum Gasteiger partial charge on any atom is 0.311 e. The van der Waals surface area contributed by atoms with E-state index in [2.05, 4.69) is 4.98 Å². The molecule has 3 N–H and O–H groups in total. The first-order valence-corrected chi connectivity index (χ1v) is 10.6. The van der Waals surface area contributed by atoms with E-state index in [1.807, 2.05) is 24.4 Å². The summed E-state index contributed by atoms with van der Waals surface area (Å²) in [5, 5.41) is 0.874. The molecule has 0 radical (unpaired) electrons. The third-order valence-electron chi connectivity index (χ3n) is 6.67. The molecule has 0 unspecified atom stereocenters. The van der Waals surface area contributed by atoms with Crippen LogP contribution in [0, 0.1) is 5.41 Å². The van der Waals surface area contributed by atoms with E-state index in [9.17, 15) is 4.79 Å². The van der Waals surface area contributed by atoms with Crippen molar-refractivity contribution in [3.05, 3.63) is 30.0 Å². The van der Waals surface area contributed by atoms with E-state index in [4.69, 9.17) is 14.6 Å². The second-order valence-corrected chi connectivity index (χ2v) is 8.60. The van der Waals surface area contributed by atoms with Crippen LogP contribution in [0.25, 0.3) is 10.9 Å². The standard InChI is InChI=1S/C23H33N3O2/c1-26-12-6-7-18(26)13-17-15-25-19-8-5-9-20(22(17)19)28-21(27)14-23(16-24)10-3-2-4-11-23/h5,8-9,15,18,25H,2-4,6-7,10-14,16,24H2,1H3/t18-/m1/s1/i1D3. The van der Waals surface area contributed by atoms with Gasteiger partial charge >= 0.3 is 5.97 Å². The van der Waals surface area contributed by atoms with Gasteiger partial charge in [0.25, 0.3) is 0 Å². The summed E-state index contributed by atoms with van der Waals surface area (Å²) in [6.45, 7) is -0.986. The van der Waals surface area contributed by atoms with Gasteiger partial charge < -0.3 is 20.4 Å². The number of aromatic amines is 1. The molecule has 2 aliphatic rings. The summed E-state index contributed by atoms with van der Waals surface area (Å²) in [6.07, 6.45) is 10.00. The van der Waals surface area contributed by atoms with Gasteiger partial charge in [0.15, 0.2) is 0 Å². The molecule has 2 fully saturated rings. The Morgan fingerprint density at radius 3 is 3.00 bits per heavy atom. The van der Waals surface area contributed by atoms with Crippen molar-refractivity contribution in [1.82, 2.24) is 9.88 Å². The van der Waals surface area contributed by atoms with Crippen LogP contribution in [-0.2, 0) is 11.2 Å². The molecular formula is C23H33N3O2. The molecule has 1 aliphatic carbocycles. The Morgan fingerprint density at radius 2 is 2.21 bits per heavy atom. The minimum atomic E-state index is -2.08. The molecule has 0 spiro atoms. The first kappa shape index (κ1) is 16.0. The fraction of sp³-hybridized carbons (Fsp3) is 0.609. The van der Waals surface area contributed by atoms with Gasteiger partial charge in [-0.3, -0.25) is 4.79 Å². The number of likely N-dealkylation sites (tertiary alicyclic amines) is 1. The zero-order valence-electron chi connectivity index (χ0n) is 19.5. The zero-order valence-corrected chi connectivity index (χ0v) is 16.5. The van der Waals surface area contributed by atoms with E-state index in [1.165, 1.54) is 6.42 Å². The minimum absolute atomic E-state index is 0.0435. The van der Waals surface area contributed by atoms with Crippen molar-refractivity contribution in [3.8, 4) is 5.75 Å². The van der Waals surface area contributed by atoms with Gasteiger partial charge in [0.2, 0.25) is 0 Å². The van der Waals surface area contributed by atoms with Crippen LogP contribution < -0.4 is 10.5 Å². The average Bonchev–Trinajstić information content (AvgIpc) is 3.37. The van der Waals surface area contributed by atoms with Gasteiger partial charge in [0, 0.05) is 27.3 Å². The lowest BCUT2D eigenvalue weighted by Gasteiger charge is -2.35. The van der Waals surface area contributed by atoms with Crippen LogP contribution >= 0.6 is 0 Å². The molecule has 1 atom stereocenters. The maximum absolute atomic E-state index is 12.9.